The first-order chi connectivity index (χ1) is 10.2. The molecule has 104 valence electrons. The van der Waals surface area contributed by atoms with Crippen molar-refractivity contribution in [3.63, 3.8) is 0 Å². The number of fused-ring (bicyclic) bond motifs is 3. The van der Waals surface area contributed by atoms with Gasteiger partial charge in [0.15, 0.2) is 0 Å². The molecule has 3 nitrogen and oxygen atoms in total. The van der Waals surface area contributed by atoms with E-state index >= 15 is 0 Å². The van der Waals surface area contributed by atoms with Crippen LogP contribution in [0, 0.1) is 20.8 Å². The standard InChI is InChI=1S/C18H17N3/c1-12-7-6-8-13(2)17(12)21-16-10-5-4-9-15(16)20-11-19-14(3)18(20)21/h4-11H,1-3H3. The maximum atomic E-state index is 4.49. The third-order valence-electron chi connectivity index (χ3n) is 4.18. The van der Waals surface area contributed by atoms with E-state index in [9.17, 15) is 0 Å². The Morgan fingerprint density at radius 1 is 0.810 bits per heavy atom. The maximum absolute atomic E-state index is 4.49. The molecule has 0 aliphatic carbocycles. The molecule has 0 aliphatic rings. The minimum atomic E-state index is 1.05. The van der Waals surface area contributed by atoms with Gasteiger partial charge in [0.2, 0.25) is 0 Å². The van der Waals surface area contributed by atoms with E-state index in [0.717, 1.165) is 11.3 Å². The Labute approximate surface area is 123 Å². The fraction of sp³-hybridized carbons (Fsp3) is 0.167. The number of rotatable bonds is 1. The van der Waals surface area contributed by atoms with E-state index in [-0.39, 0.29) is 0 Å². The molecule has 0 saturated carbocycles. The average molecular weight is 275 g/mol. The Morgan fingerprint density at radius 3 is 2.19 bits per heavy atom. The summed E-state index contributed by atoms with van der Waals surface area (Å²) in [6.07, 6.45) is 1.91. The van der Waals surface area contributed by atoms with Gasteiger partial charge in [0.05, 0.1) is 22.4 Å². The fourth-order valence-electron chi connectivity index (χ4n) is 3.23. The van der Waals surface area contributed by atoms with E-state index in [1.165, 1.54) is 27.8 Å². The number of para-hydroxylation sites is 3. The van der Waals surface area contributed by atoms with Gasteiger partial charge in [0.1, 0.15) is 12.0 Å². The normalized spacial score (nSPS) is 11.6. The molecule has 4 rings (SSSR count). The van der Waals surface area contributed by atoms with Gasteiger partial charge < -0.3 is 0 Å². The molecule has 0 amide bonds. The van der Waals surface area contributed by atoms with Crippen LogP contribution in [0.25, 0.3) is 22.4 Å². The molecular formula is C18H17N3. The predicted octanol–water partition coefficient (Wildman–Crippen LogP) is 4.20. The average Bonchev–Trinajstić information content (AvgIpc) is 2.99. The molecule has 3 heteroatoms. The molecule has 0 aliphatic heterocycles. The second-order valence-corrected chi connectivity index (χ2v) is 5.59. The second-order valence-electron chi connectivity index (χ2n) is 5.59. The SMILES string of the molecule is Cc1cccc(C)c1-n1c2ccccc2n2cnc(C)c12. The highest BCUT2D eigenvalue weighted by Crippen LogP contribution is 2.30. The van der Waals surface area contributed by atoms with Gasteiger partial charge >= 0.3 is 0 Å². The Kier molecular flexibility index (Phi) is 2.45. The monoisotopic (exact) mass is 275 g/mol. The molecule has 0 spiro atoms. The summed E-state index contributed by atoms with van der Waals surface area (Å²) in [6, 6.07) is 14.9. The molecule has 0 N–H and O–H groups in total. The van der Waals surface area contributed by atoms with Gasteiger partial charge in [-0.15, -0.1) is 0 Å². The predicted molar refractivity (Wildman–Crippen MR) is 86.2 cm³/mol. The molecule has 21 heavy (non-hydrogen) atoms. The van der Waals surface area contributed by atoms with E-state index in [1.54, 1.807) is 0 Å². The first-order valence-corrected chi connectivity index (χ1v) is 7.18. The number of aromatic nitrogens is 3. The molecule has 2 aromatic heterocycles. The van der Waals surface area contributed by atoms with Crippen molar-refractivity contribution < 1.29 is 0 Å². The number of benzene rings is 2. The Bertz CT molecular complexity index is 953. The zero-order valence-corrected chi connectivity index (χ0v) is 12.5. The Hall–Kier alpha value is -2.55. The molecule has 0 radical (unpaired) electrons. The van der Waals surface area contributed by atoms with Crippen LogP contribution in [0.4, 0.5) is 0 Å². The first-order valence-electron chi connectivity index (χ1n) is 7.18. The van der Waals surface area contributed by atoms with Gasteiger partial charge in [-0.3, -0.25) is 8.97 Å². The van der Waals surface area contributed by atoms with Crippen LogP contribution in [0.2, 0.25) is 0 Å². The molecule has 2 heterocycles. The third kappa shape index (κ3) is 1.57. The van der Waals surface area contributed by atoms with Gasteiger partial charge in [0.25, 0.3) is 0 Å². The maximum Gasteiger partial charge on any atom is 0.145 e. The lowest BCUT2D eigenvalue weighted by Crippen LogP contribution is -2.00. The largest absolute Gasteiger partial charge is 0.292 e. The van der Waals surface area contributed by atoms with Gasteiger partial charge in [-0.2, -0.15) is 0 Å². The van der Waals surface area contributed by atoms with Crippen LogP contribution in [-0.2, 0) is 0 Å². The minimum Gasteiger partial charge on any atom is -0.292 e. The number of imidazole rings is 2. The van der Waals surface area contributed by atoms with Crippen molar-refractivity contribution in [2.24, 2.45) is 0 Å². The summed E-state index contributed by atoms with van der Waals surface area (Å²) in [7, 11) is 0. The fourth-order valence-corrected chi connectivity index (χ4v) is 3.23. The highest BCUT2D eigenvalue weighted by Gasteiger charge is 2.17. The molecule has 2 aromatic carbocycles. The van der Waals surface area contributed by atoms with Crippen molar-refractivity contribution in [1.29, 1.82) is 0 Å². The number of aryl methyl sites for hydroxylation is 3. The van der Waals surface area contributed by atoms with Crippen LogP contribution in [-0.4, -0.2) is 14.0 Å². The van der Waals surface area contributed by atoms with E-state index in [2.05, 4.69) is 77.2 Å². The van der Waals surface area contributed by atoms with Crippen LogP contribution >= 0.6 is 0 Å². The lowest BCUT2D eigenvalue weighted by Gasteiger charge is -2.13. The minimum absolute atomic E-state index is 1.05. The molecule has 0 fully saturated rings. The molecule has 0 atom stereocenters. The summed E-state index contributed by atoms with van der Waals surface area (Å²) >= 11 is 0. The lowest BCUT2D eigenvalue weighted by molar-refractivity contribution is 1.09. The quantitative estimate of drug-likeness (QED) is 0.510. The van der Waals surface area contributed by atoms with Crippen molar-refractivity contribution in [2.45, 2.75) is 20.8 Å². The van der Waals surface area contributed by atoms with Crippen LogP contribution in [0.3, 0.4) is 0 Å². The van der Waals surface area contributed by atoms with Crippen LogP contribution < -0.4 is 0 Å². The highest BCUT2D eigenvalue weighted by molar-refractivity contribution is 5.85. The van der Waals surface area contributed by atoms with Gasteiger partial charge in [-0.1, -0.05) is 30.3 Å². The summed E-state index contributed by atoms with van der Waals surface area (Å²) in [5.41, 5.74) is 8.42. The van der Waals surface area contributed by atoms with Crippen molar-refractivity contribution in [2.75, 3.05) is 0 Å². The molecule has 0 unspecified atom stereocenters. The van der Waals surface area contributed by atoms with Crippen molar-refractivity contribution >= 4 is 16.7 Å². The molecular weight excluding hydrogens is 258 g/mol. The van der Waals surface area contributed by atoms with Crippen LogP contribution in [0.5, 0.6) is 0 Å². The summed E-state index contributed by atoms with van der Waals surface area (Å²) in [5.74, 6) is 0. The zero-order valence-electron chi connectivity index (χ0n) is 12.5. The summed E-state index contributed by atoms with van der Waals surface area (Å²) in [4.78, 5) is 4.49. The van der Waals surface area contributed by atoms with Gasteiger partial charge in [-0.05, 0) is 44.0 Å². The molecule has 4 aromatic rings. The van der Waals surface area contributed by atoms with Crippen LogP contribution in [0.15, 0.2) is 48.8 Å². The van der Waals surface area contributed by atoms with E-state index in [1.807, 2.05) is 6.33 Å². The second kappa shape index (κ2) is 4.22. The summed E-state index contributed by atoms with van der Waals surface area (Å²) in [6.45, 7) is 6.40. The molecule has 0 saturated heterocycles. The zero-order chi connectivity index (χ0) is 14.6. The third-order valence-corrected chi connectivity index (χ3v) is 4.18. The number of hydrogen-bond donors (Lipinski definition) is 0. The number of nitrogens with zero attached hydrogens (tertiary/aromatic N) is 3. The van der Waals surface area contributed by atoms with E-state index in [0.29, 0.717) is 0 Å². The Morgan fingerprint density at radius 2 is 1.48 bits per heavy atom. The van der Waals surface area contributed by atoms with Crippen LogP contribution in [0.1, 0.15) is 16.8 Å². The van der Waals surface area contributed by atoms with Gasteiger partial charge in [-0.25, -0.2) is 4.98 Å². The molecule has 0 bridgehead atoms. The Balaban J connectivity index is 2.28. The van der Waals surface area contributed by atoms with Gasteiger partial charge in [0, 0.05) is 0 Å². The smallest absolute Gasteiger partial charge is 0.145 e. The first kappa shape index (κ1) is 12.2. The summed E-state index contributed by atoms with van der Waals surface area (Å²) in [5, 5.41) is 0. The summed E-state index contributed by atoms with van der Waals surface area (Å²) < 4.78 is 4.51. The van der Waals surface area contributed by atoms with Crippen molar-refractivity contribution in [1.82, 2.24) is 14.0 Å². The van der Waals surface area contributed by atoms with Crippen molar-refractivity contribution in [3.8, 4) is 5.69 Å². The highest BCUT2D eigenvalue weighted by atomic mass is 15.2. The lowest BCUT2D eigenvalue weighted by atomic mass is 10.1. The van der Waals surface area contributed by atoms with E-state index < -0.39 is 0 Å². The topological polar surface area (TPSA) is 22.2 Å². The number of hydrogen-bond acceptors (Lipinski definition) is 1. The van der Waals surface area contributed by atoms with Crippen molar-refractivity contribution in [3.05, 3.63) is 65.6 Å². The van der Waals surface area contributed by atoms with E-state index in [4.69, 9.17) is 0 Å².